The van der Waals surface area contributed by atoms with Crippen molar-refractivity contribution in [1.82, 2.24) is 4.90 Å². The lowest BCUT2D eigenvalue weighted by Crippen LogP contribution is -2.58. The van der Waals surface area contributed by atoms with Crippen molar-refractivity contribution in [3.8, 4) is 0 Å². The molecule has 0 spiro atoms. The molecule has 2 bridgehead atoms. The number of nitrogens with zero attached hydrogens (tertiary/aromatic N) is 1. The molecular formula is C14H19NO. The Hall–Kier alpha value is -0.860. The van der Waals surface area contributed by atoms with Gasteiger partial charge in [-0.1, -0.05) is 30.3 Å². The molecule has 0 amide bonds. The fourth-order valence-corrected chi connectivity index (χ4v) is 3.23. The summed E-state index contributed by atoms with van der Waals surface area (Å²) in [5.74, 6) is 0.554. The molecule has 1 N–H and O–H groups in total. The van der Waals surface area contributed by atoms with E-state index in [1.54, 1.807) is 0 Å². The number of hydrogen-bond donors (Lipinski definition) is 1. The van der Waals surface area contributed by atoms with Crippen LogP contribution in [0.5, 0.6) is 0 Å². The van der Waals surface area contributed by atoms with Crippen LogP contribution < -0.4 is 0 Å². The highest BCUT2D eigenvalue weighted by Crippen LogP contribution is 2.33. The summed E-state index contributed by atoms with van der Waals surface area (Å²) in [6.45, 7) is 2.36. The van der Waals surface area contributed by atoms with E-state index in [0.717, 1.165) is 6.42 Å². The van der Waals surface area contributed by atoms with E-state index in [1.807, 2.05) is 6.07 Å². The van der Waals surface area contributed by atoms with Gasteiger partial charge in [0.15, 0.2) is 0 Å². The van der Waals surface area contributed by atoms with Gasteiger partial charge >= 0.3 is 0 Å². The van der Waals surface area contributed by atoms with Gasteiger partial charge in [-0.3, -0.25) is 4.90 Å². The first-order valence-corrected chi connectivity index (χ1v) is 6.30. The zero-order valence-electron chi connectivity index (χ0n) is 9.55. The Morgan fingerprint density at radius 3 is 2.44 bits per heavy atom. The molecule has 4 rings (SSSR count). The van der Waals surface area contributed by atoms with Crippen LogP contribution in [-0.4, -0.2) is 35.2 Å². The Bertz CT molecular complexity index is 341. The minimum atomic E-state index is -0.109. The molecule has 0 aliphatic carbocycles. The highest BCUT2D eigenvalue weighted by molar-refractivity contribution is 5.17. The molecule has 16 heavy (non-hydrogen) atoms. The second kappa shape index (κ2) is 4.19. The van der Waals surface area contributed by atoms with Gasteiger partial charge < -0.3 is 5.11 Å². The lowest BCUT2D eigenvalue weighted by molar-refractivity contribution is -0.0715. The molecule has 0 unspecified atom stereocenters. The number of benzene rings is 1. The topological polar surface area (TPSA) is 23.5 Å². The summed E-state index contributed by atoms with van der Waals surface area (Å²) < 4.78 is 0. The third-order valence-corrected chi connectivity index (χ3v) is 4.21. The first-order valence-electron chi connectivity index (χ1n) is 6.30. The molecule has 1 aromatic carbocycles. The second-order valence-electron chi connectivity index (χ2n) is 5.12. The van der Waals surface area contributed by atoms with E-state index in [1.165, 1.54) is 31.5 Å². The number of aliphatic hydroxyl groups is 1. The predicted molar refractivity (Wildman–Crippen MR) is 64.2 cm³/mol. The largest absolute Gasteiger partial charge is 0.391 e. The van der Waals surface area contributed by atoms with Gasteiger partial charge in [0.1, 0.15) is 0 Å². The van der Waals surface area contributed by atoms with Gasteiger partial charge in [-0.2, -0.15) is 0 Å². The zero-order valence-corrected chi connectivity index (χ0v) is 9.55. The number of aliphatic hydroxyl groups excluding tert-OH is 1. The van der Waals surface area contributed by atoms with Crippen LogP contribution in [0.25, 0.3) is 0 Å². The minimum absolute atomic E-state index is 0.109. The average molecular weight is 217 g/mol. The molecule has 3 aliphatic rings. The highest BCUT2D eigenvalue weighted by atomic mass is 16.3. The second-order valence-corrected chi connectivity index (χ2v) is 5.12. The number of hydrogen-bond acceptors (Lipinski definition) is 2. The number of piperidine rings is 3. The molecule has 2 nitrogen and oxygen atoms in total. The molecule has 0 saturated carbocycles. The molecule has 0 radical (unpaired) electrons. The fourth-order valence-electron chi connectivity index (χ4n) is 3.23. The normalized spacial score (nSPS) is 37.6. The van der Waals surface area contributed by atoms with E-state index >= 15 is 0 Å². The Labute approximate surface area is 96.9 Å². The first kappa shape index (κ1) is 10.3. The van der Waals surface area contributed by atoms with Crippen LogP contribution in [-0.2, 0) is 6.42 Å². The van der Waals surface area contributed by atoms with Crippen molar-refractivity contribution in [2.45, 2.75) is 31.4 Å². The number of rotatable bonds is 2. The van der Waals surface area contributed by atoms with E-state index in [4.69, 9.17) is 0 Å². The van der Waals surface area contributed by atoms with Gasteiger partial charge in [0.25, 0.3) is 0 Å². The molecule has 2 atom stereocenters. The molecule has 3 saturated heterocycles. The molecule has 3 heterocycles. The minimum Gasteiger partial charge on any atom is -0.391 e. The van der Waals surface area contributed by atoms with Crippen molar-refractivity contribution in [2.75, 3.05) is 13.1 Å². The maximum Gasteiger partial charge on any atom is 0.0727 e. The summed E-state index contributed by atoms with van der Waals surface area (Å²) in [7, 11) is 0. The van der Waals surface area contributed by atoms with Gasteiger partial charge in [-0.05, 0) is 43.8 Å². The van der Waals surface area contributed by atoms with Gasteiger partial charge in [0, 0.05) is 6.04 Å². The predicted octanol–water partition coefficient (Wildman–Crippen LogP) is 1.68. The summed E-state index contributed by atoms with van der Waals surface area (Å²) in [6, 6.07) is 10.9. The number of fused-ring (bicyclic) bond motifs is 3. The van der Waals surface area contributed by atoms with Crippen molar-refractivity contribution >= 4 is 0 Å². The summed E-state index contributed by atoms with van der Waals surface area (Å²) in [5.41, 5.74) is 1.35. The van der Waals surface area contributed by atoms with Crippen molar-refractivity contribution < 1.29 is 5.11 Å². The molecule has 2 heteroatoms. The van der Waals surface area contributed by atoms with E-state index < -0.39 is 0 Å². The Balaban J connectivity index is 1.75. The Morgan fingerprint density at radius 2 is 1.81 bits per heavy atom. The lowest BCUT2D eigenvalue weighted by Gasteiger charge is -2.49. The summed E-state index contributed by atoms with van der Waals surface area (Å²) >= 11 is 0. The van der Waals surface area contributed by atoms with Crippen LogP contribution in [0.15, 0.2) is 30.3 Å². The van der Waals surface area contributed by atoms with Gasteiger partial charge in [-0.15, -0.1) is 0 Å². The molecule has 1 aromatic rings. The summed E-state index contributed by atoms with van der Waals surface area (Å²) in [4.78, 5) is 2.47. The lowest BCUT2D eigenvalue weighted by atomic mass is 9.78. The standard InChI is InChI=1S/C14H19NO/c16-14-12-6-8-15(9-7-12)13(14)10-11-4-2-1-3-5-11/h1-5,12-14,16H,6-10H2/t13-,14-/m0/s1. The van der Waals surface area contributed by atoms with Gasteiger partial charge in [0.2, 0.25) is 0 Å². The van der Waals surface area contributed by atoms with Crippen LogP contribution in [0, 0.1) is 5.92 Å². The molecule has 0 aromatic heterocycles. The van der Waals surface area contributed by atoms with E-state index in [-0.39, 0.29) is 6.10 Å². The van der Waals surface area contributed by atoms with E-state index in [0.29, 0.717) is 12.0 Å². The van der Waals surface area contributed by atoms with Crippen LogP contribution in [0.1, 0.15) is 18.4 Å². The summed E-state index contributed by atoms with van der Waals surface area (Å²) in [6.07, 6.45) is 3.26. The average Bonchev–Trinajstić information content (AvgIpc) is 2.36. The van der Waals surface area contributed by atoms with Crippen molar-refractivity contribution in [2.24, 2.45) is 5.92 Å². The molecule has 3 aliphatic heterocycles. The van der Waals surface area contributed by atoms with Gasteiger partial charge in [-0.25, -0.2) is 0 Å². The monoisotopic (exact) mass is 217 g/mol. The van der Waals surface area contributed by atoms with Crippen LogP contribution >= 0.6 is 0 Å². The van der Waals surface area contributed by atoms with Crippen molar-refractivity contribution in [3.63, 3.8) is 0 Å². The third kappa shape index (κ3) is 1.76. The van der Waals surface area contributed by atoms with Crippen LogP contribution in [0.4, 0.5) is 0 Å². The zero-order chi connectivity index (χ0) is 11.0. The quantitative estimate of drug-likeness (QED) is 0.815. The molecule has 3 fully saturated rings. The Morgan fingerprint density at radius 1 is 1.12 bits per heavy atom. The first-order chi connectivity index (χ1) is 7.84. The van der Waals surface area contributed by atoms with Crippen molar-refractivity contribution in [3.05, 3.63) is 35.9 Å². The fraction of sp³-hybridized carbons (Fsp3) is 0.571. The van der Waals surface area contributed by atoms with Crippen LogP contribution in [0.3, 0.4) is 0 Å². The maximum atomic E-state index is 10.3. The molecular weight excluding hydrogens is 198 g/mol. The molecule has 86 valence electrons. The SMILES string of the molecule is O[C@H]1C2CCN(CC2)[C@H]1Cc1ccccc1. The highest BCUT2D eigenvalue weighted by Gasteiger charge is 2.40. The van der Waals surface area contributed by atoms with Crippen molar-refractivity contribution in [1.29, 1.82) is 0 Å². The van der Waals surface area contributed by atoms with Crippen LogP contribution in [0.2, 0.25) is 0 Å². The smallest absolute Gasteiger partial charge is 0.0727 e. The Kier molecular flexibility index (Phi) is 2.70. The van der Waals surface area contributed by atoms with E-state index in [9.17, 15) is 5.11 Å². The van der Waals surface area contributed by atoms with E-state index in [2.05, 4.69) is 29.2 Å². The summed E-state index contributed by atoms with van der Waals surface area (Å²) in [5, 5.41) is 10.3. The maximum absolute atomic E-state index is 10.3. The third-order valence-electron chi connectivity index (χ3n) is 4.21. The van der Waals surface area contributed by atoms with Gasteiger partial charge in [0.05, 0.1) is 6.10 Å².